The van der Waals surface area contributed by atoms with Crippen LogP contribution in [0.4, 0.5) is 0 Å². The Morgan fingerprint density at radius 3 is 1.50 bits per heavy atom. The number of unbranched alkanes of at least 4 members (excludes halogenated alkanes) is 24. The summed E-state index contributed by atoms with van der Waals surface area (Å²) in [7, 11) is 0. The first-order valence-corrected chi connectivity index (χ1v) is 23.8. The molecule has 0 aliphatic carbocycles. The Kier molecular flexibility index (Phi) is 35.9. The van der Waals surface area contributed by atoms with E-state index in [1.807, 2.05) is 6.08 Å². The van der Waals surface area contributed by atoms with Crippen molar-refractivity contribution >= 4 is 5.91 Å². The number of nitrogens with one attached hydrogen (secondary N) is 1. The molecule has 0 radical (unpaired) electrons. The normalized spacial score (nSPS) is 21.7. The van der Waals surface area contributed by atoms with E-state index in [0.29, 0.717) is 19.3 Å². The van der Waals surface area contributed by atoms with Gasteiger partial charge in [-0.2, -0.15) is 0 Å². The largest absolute Gasteiger partial charge is 0.394 e. The number of amides is 1. The summed E-state index contributed by atoms with van der Waals surface area (Å²) in [6.07, 6.45) is 36.6. The number of ether oxygens (including phenoxy) is 2. The molecule has 10 heteroatoms. The molecule has 1 saturated heterocycles. The first kappa shape index (κ1) is 54.4. The standard InChI is InChI=1S/C48H89NO9/c1-3-5-7-9-11-13-15-17-18-19-20-21-22-23-25-27-29-31-33-35-37-42(52)47(56)49-40(39-57-48-46(55)45(54)44(53)43(38-50)58-48)41(51)36-34-32-30-28-26-24-16-14-12-10-8-6-4-2/h21-22,26,28,34,36,40-46,48,50-55H,3-20,23-25,27,29-33,35,37-39H2,1-2H3,(H,49,56)/b22-21-,28-26+,36-34+. The molecule has 10 nitrogen and oxygen atoms in total. The van der Waals surface area contributed by atoms with Gasteiger partial charge in [0.15, 0.2) is 6.29 Å². The maximum absolute atomic E-state index is 13.0. The molecule has 0 aromatic rings. The highest BCUT2D eigenvalue weighted by Crippen LogP contribution is 2.22. The minimum atomic E-state index is -1.62. The molecule has 8 unspecified atom stereocenters. The van der Waals surface area contributed by atoms with E-state index in [0.717, 1.165) is 38.5 Å². The van der Waals surface area contributed by atoms with Crippen molar-refractivity contribution in [1.29, 1.82) is 0 Å². The van der Waals surface area contributed by atoms with Gasteiger partial charge in [0.25, 0.3) is 0 Å². The molecule has 1 aliphatic heterocycles. The zero-order chi connectivity index (χ0) is 42.5. The fourth-order valence-corrected chi connectivity index (χ4v) is 7.35. The zero-order valence-electron chi connectivity index (χ0n) is 36.9. The summed E-state index contributed by atoms with van der Waals surface area (Å²) in [5.41, 5.74) is 0. The molecule has 1 heterocycles. The highest BCUT2D eigenvalue weighted by atomic mass is 16.7. The molecular formula is C48H89NO9. The van der Waals surface area contributed by atoms with Gasteiger partial charge in [-0.05, 0) is 57.8 Å². The topological polar surface area (TPSA) is 169 Å². The van der Waals surface area contributed by atoms with Crippen LogP contribution in [0, 0.1) is 0 Å². The van der Waals surface area contributed by atoms with E-state index in [9.17, 15) is 35.4 Å². The van der Waals surface area contributed by atoms with Crippen molar-refractivity contribution in [1.82, 2.24) is 5.32 Å². The smallest absolute Gasteiger partial charge is 0.249 e. The highest BCUT2D eigenvalue weighted by Gasteiger charge is 2.44. The Balaban J connectivity index is 2.39. The van der Waals surface area contributed by atoms with Crippen LogP contribution >= 0.6 is 0 Å². The molecule has 0 bridgehead atoms. The van der Waals surface area contributed by atoms with E-state index < -0.39 is 61.5 Å². The molecular weight excluding hydrogens is 735 g/mol. The number of aliphatic hydroxyl groups is 6. The van der Waals surface area contributed by atoms with Gasteiger partial charge in [-0.3, -0.25) is 4.79 Å². The molecule has 7 N–H and O–H groups in total. The molecule has 0 aromatic carbocycles. The Labute approximate surface area is 354 Å². The Hall–Kier alpha value is -1.63. The van der Waals surface area contributed by atoms with Gasteiger partial charge in [0.2, 0.25) is 5.91 Å². The van der Waals surface area contributed by atoms with E-state index in [4.69, 9.17) is 9.47 Å². The summed E-state index contributed by atoms with van der Waals surface area (Å²) < 4.78 is 11.1. The van der Waals surface area contributed by atoms with Crippen molar-refractivity contribution < 1.29 is 44.9 Å². The molecule has 1 rings (SSSR count). The molecule has 58 heavy (non-hydrogen) atoms. The number of rotatable bonds is 39. The van der Waals surface area contributed by atoms with Gasteiger partial charge in [-0.25, -0.2) is 0 Å². The summed E-state index contributed by atoms with van der Waals surface area (Å²) >= 11 is 0. The second-order valence-electron chi connectivity index (χ2n) is 16.7. The lowest BCUT2D eigenvalue weighted by Gasteiger charge is -2.40. The first-order chi connectivity index (χ1) is 28.3. The fraction of sp³-hybridized carbons (Fsp3) is 0.854. The van der Waals surface area contributed by atoms with Gasteiger partial charge in [0.05, 0.1) is 25.4 Å². The average Bonchev–Trinajstić information content (AvgIpc) is 3.22. The summed E-state index contributed by atoms with van der Waals surface area (Å²) in [5, 5.41) is 64.6. The molecule has 0 saturated carbocycles. The molecule has 0 aromatic heterocycles. The lowest BCUT2D eigenvalue weighted by molar-refractivity contribution is -0.302. The average molecular weight is 824 g/mol. The van der Waals surface area contributed by atoms with Crippen molar-refractivity contribution in [3.05, 3.63) is 36.5 Å². The summed E-state index contributed by atoms with van der Waals surface area (Å²) in [6, 6.07) is -0.998. The molecule has 340 valence electrons. The van der Waals surface area contributed by atoms with Crippen LogP contribution in [0.1, 0.15) is 200 Å². The number of allylic oxidation sites excluding steroid dienone is 5. The second kappa shape index (κ2) is 38.3. The van der Waals surface area contributed by atoms with Crippen LogP contribution in [-0.4, -0.2) is 98.7 Å². The lowest BCUT2D eigenvalue weighted by atomic mass is 9.99. The summed E-state index contributed by atoms with van der Waals surface area (Å²) in [4.78, 5) is 13.0. The van der Waals surface area contributed by atoms with E-state index in [-0.39, 0.29) is 6.61 Å². The third-order valence-electron chi connectivity index (χ3n) is 11.3. The van der Waals surface area contributed by atoms with Crippen LogP contribution in [0.3, 0.4) is 0 Å². The van der Waals surface area contributed by atoms with Crippen molar-refractivity contribution in [2.24, 2.45) is 0 Å². The Morgan fingerprint density at radius 1 is 0.586 bits per heavy atom. The van der Waals surface area contributed by atoms with E-state index >= 15 is 0 Å². The second-order valence-corrected chi connectivity index (χ2v) is 16.7. The summed E-state index contributed by atoms with van der Waals surface area (Å²) in [5.74, 6) is -0.632. The van der Waals surface area contributed by atoms with Crippen LogP contribution in [0.2, 0.25) is 0 Å². The van der Waals surface area contributed by atoms with Crippen molar-refractivity contribution in [3.8, 4) is 0 Å². The minimum Gasteiger partial charge on any atom is -0.394 e. The third kappa shape index (κ3) is 28.0. The van der Waals surface area contributed by atoms with E-state index in [1.54, 1.807) is 6.08 Å². The maximum atomic E-state index is 13.0. The van der Waals surface area contributed by atoms with Crippen LogP contribution in [0.25, 0.3) is 0 Å². The predicted molar refractivity (Wildman–Crippen MR) is 236 cm³/mol. The summed E-state index contributed by atoms with van der Waals surface area (Å²) in [6.45, 7) is 3.57. The molecule has 1 amide bonds. The lowest BCUT2D eigenvalue weighted by Crippen LogP contribution is -2.60. The van der Waals surface area contributed by atoms with Gasteiger partial charge in [-0.1, -0.05) is 179 Å². The van der Waals surface area contributed by atoms with Gasteiger partial charge in [-0.15, -0.1) is 0 Å². The van der Waals surface area contributed by atoms with Gasteiger partial charge in [0.1, 0.15) is 30.5 Å². The monoisotopic (exact) mass is 824 g/mol. The number of carbonyl (C=O) groups excluding carboxylic acids is 1. The van der Waals surface area contributed by atoms with Crippen molar-refractivity contribution in [3.63, 3.8) is 0 Å². The Morgan fingerprint density at radius 2 is 1.02 bits per heavy atom. The molecule has 0 spiro atoms. The van der Waals surface area contributed by atoms with Gasteiger partial charge < -0.3 is 45.4 Å². The van der Waals surface area contributed by atoms with Crippen LogP contribution < -0.4 is 5.32 Å². The van der Waals surface area contributed by atoms with Crippen LogP contribution in [0.5, 0.6) is 0 Å². The fourth-order valence-electron chi connectivity index (χ4n) is 7.35. The number of hydrogen-bond acceptors (Lipinski definition) is 9. The number of carbonyl (C=O) groups is 1. The number of aliphatic hydroxyl groups excluding tert-OH is 6. The zero-order valence-corrected chi connectivity index (χ0v) is 36.9. The highest BCUT2D eigenvalue weighted by molar-refractivity contribution is 5.80. The predicted octanol–water partition coefficient (Wildman–Crippen LogP) is 9.03. The van der Waals surface area contributed by atoms with Crippen LogP contribution in [-0.2, 0) is 14.3 Å². The van der Waals surface area contributed by atoms with Crippen LogP contribution in [0.15, 0.2) is 36.5 Å². The molecule has 8 atom stereocenters. The van der Waals surface area contributed by atoms with E-state index in [1.165, 1.54) is 128 Å². The Bertz CT molecular complexity index is 1020. The third-order valence-corrected chi connectivity index (χ3v) is 11.3. The quantitative estimate of drug-likeness (QED) is 0.0236. The van der Waals surface area contributed by atoms with Crippen molar-refractivity contribution in [2.75, 3.05) is 13.2 Å². The number of hydrogen-bond donors (Lipinski definition) is 7. The van der Waals surface area contributed by atoms with E-state index in [2.05, 4.69) is 43.5 Å². The van der Waals surface area contributed by atoms with Crippen molar-refractivity contribution in [2.45, 2.75) is 249 Å². The first-order valence-electron chi connectivity index (χ1n) is 23.8. The molecule has 1 fully saturated rings. The SMILES string of the molecule is CCCCCCCCC/C=C/CC/C=C/C(O)C(COC1OC(CO)C(O)C(O)C1O)NC(=O)C(O)CCCCCCCC/C=C\CCCCCCCCCCCC. The minimum absolute atomic E-state index is 0.297. The van der Waals surface area contributed by atoms with Gasteiger partial charge in [0, 0.05) is 0 Å². The molecule has 1 aliphatic rings. The maximum Gasteiger partial charge on any atom is 0.249 e. The van der Waals surface area contributed by atoms with Gasteiger partial charge >= 0.3 is 0 Å².